The van der Waals surface area contributed by atoms with Crippen molar-refractivity contribution >= 4 is 11.8 Å². The van der Waals surface area contributed by atoms with Gasteiger partial charge in [0.15, 0.2) is 0 Å². The Kier molecular flexibility index (Phi) is 6.82. The summed E-state index contributed by atoms with van der Waals surface area (Å²) in [6.07, 6.45) is 1.60. The molecule has 1 aromatic carbocycles. The third-order valence-corrected chi connectivity index (χ3v) is 4.82. The first kappa shape index (κ1) is 19.2. The number of hydrogen-bond donors (Lipinski definition) is 1. The van der Waals surface area contributed by atoms with Gasteiger partial charge in [-0.3, -0.25) is 14.5 Å². The maximum Gasteiger partial charge on any atom is 0.239 e. The number of carbonyl (C=O) groups is 2. The van der Waals surface area contributed by atoms with E-state index in [-0.39, 0.29) is 23.8 Å². The molecule has 0 spiro atoms. The van der Waals surface area contributed by atoms with Gasteiger partial charge in [0.1, 0.15) is 5.75 Å². The van der Waals surface area contributed by atoms with Crippen LogP contribution in [-0.4, -0.2) is 54.4 Å². The molecule has 138 valence electrons. The molecule has 1 aliphatic heterocycles. The average molecular weight is 347 g/mol. The van der Waals surface area contributed by atoms with Crippen LogP contribution in [0.3, 0.4) is 0 Å². The third kappa shape index (κ3) is 5.19. The molecule has 1 aliphatic rings. The van der Waals surface area contributed by atoms with Crippen LogP contribution in [0.2, 0.25) is 0 Å². The number of nitrogens with two attached hydrogens (primary N) is 1. The van der Waals surface area contributed by atoms with Crippen LogP contribution in [0.5, 0.6) is 5.75 Å². The van der Waals surface area contributed by atoms with Gasteiger partial charge in [-0.2, -0.15) is 0 Å². The van der Waals surface area contributed by atoms with Crippen LogP contribution in [0.25, 0.3) is 0 Å². The molecule has 6 nitrogen and oxygen atoms in total. The average Bonchev–Trinajstić information content (AvgIpc) is 2.62. The second-order valence-electron chi connectivity index (χ2n) is 6.69. The summed E-state index contributed by atoms with van der Waals surface area (Å²) in [5.41, 5.74) is 6.53. The molecule has 2 atom stereocenters. The molecule has 0 saturated carbocycles. The summed E-state index contributed by atoms with van der Waals surface area (Å²) in [4.78, 5) is 28.0. The van der Waals surface area contributed by atoms with Crippen LogP contribution in [0, 0.1) is 5.92 Å². The van der Waals surface area contributed by atoms with Gasteiger partial charge < -0.3 is 15.4 Å². The lowest BCUT2D eigenvalue weighted by molar-refractivity contribution is -0.139. The maximum atomic E-state index is 12.7. The molecule has 2 amide bonds. The summed E-state index contributed by atoms with van der Waals surface area (Å²) >= 11 is 0. The number of ether oxygens (including phenoxy) is 1. The predicted octanol–water partition coefficient (Wildman–Crippen LogP) is 1.63. The summed E-state index contributed by atoms with van der Waals surface area (Å²) in [5.74, 6) is 0.373. The first-order valence-electron chi connectivity index (χ1n) is 8.92. The SMILES string of the molecule is CCOc1ccc(CN(C)[C@H](C)C(=O)N2CCC[C@H](C(N)=O)C2)cc1. The lowest BCUT2D eigenvalue weighted by Gasteiger charge is -2.35. The van der Waals surface area contributed by atoms with Crippen molar-refractivity contribution in [3.05, 3.63) is 29.8 Å². The van der Waals surface area contributed by atoms with E-state index in [0.717, 1.165) is 24.2 Å². The van der Waals surface area contributed by atoms with E-state index in [2.05, 4.69) is 0 Å². The molecule has 0 unspecified atom stereocenters. The van der Waals surface area contributed by atoms with E-state index in [4.69, 9.17) is 10.5 Å². The Morgan fingerprint density at radius 1 is 1.36 bits per heavy atom. The zero-order valence-corrected chi connectivity index (χ0v) is 15.4. The van der Waals surface area contributed by atoms with Crippen LogP contribution < -0.4 is 10.5 Å². The highest BCUT2D eigenvalue weighted by atomic mass is 16.5. The number of likely N-dealkylation sites (N-methyl/N-ethyl adjacent to an activating group) is 1. The Labute approximate surface area is 149 Å². The fourth-order valence-electron chi connectivity index (χ4n) is 3.14. The van der Waals surface area contributed by atoms with Gasteiger partial charge in [0.25, 0.3) is 0 Å². The molecule has 1 aromatic rings. The molecular formula is C19H29N3O3. The van der Waals surface area contributed by atoms with E-state index < -0.39 is 0 Å². The molecule has 6 heteroatoms. The summed E-state index contributed by atoms with van der Waals surface area (Å²) in [7, 11) is 1.94. The summed E-state index contributed by atoms with van der Waals surface area (Å²) in [6, 6.07) is 7.67. The van der Waals surface area contributed by atoms with Gasteiger partial charge >= 0.3 is 0 Å². The van der Waals surface area contributed by atoms with E-state index in [0.29, 0.717) is 26.2 Å². The lowest BCUT2D eigenvalue weighted by atomic mass is 9.97. The van der Waals surface area contributed by atoms with Gasteiger partial charge in [-0.15, -0.1) is 0 Å². The van der Waals surface area contributed by atoms with Gasteiger partial charge in [-0.1, -0.05) is 12.1 Å². The number of primary amides is 1. The first-order valence-corrected chi connectivity index (χ1v) is 8.92. The van der Waals surface area contributed by atoms with Gasteiger partial charge in [0.2, 0.25) is 11.8 Å². The van der Waals surface area contributed by atoms with Gasteiger partial charge in [-0.05, 0) is 51.4 Å². The monoisotopic (exact) mass is 347 g/mol. The summed E-state index contributed by atoms with van der Waals surface area (Å²) < 4.78 is 5.45. The number of carbonyl (C=O) groups excluding carboxylic acids is 2. The molecule has 0 aromatic heterocycles. The fraction of sp³-hybridized carbons (Fsp3) is 0.579. The number of likely N-dealkylation sites (tertiary alicyclic amines) is 1. The molecule has 2 rings (SSSR count). The van der Waals surface area contributed by atoms with E-state index >= 15 is 0 Å². The highest BCUT2D eigenvalue weighted by molar-refractivity contribution is 5.83. The van der Waals surface area contributed by atoms with Gasteiger partial charge in [0.05, 0.1) is 18.6 Å². The van der Waals surface area contributed by atoms with Gasteiger partial charge in [0, 0.05) is 19.6 Å². The quantitative estimate of drug-likeness (QED) is 0.813. The standard InChI is InChI=1S/C19H29N3O3/c1-4-25-17-9-7-15(8-10-17)12-21(3)14(2)19(24)22-11-5-6-16(13-22)18(20)23/h7-10,14,16H,4-6,11-13H2,1-3H3,(H2,20,23)/t14-,16+/m1/s1. The second-order valence-corrected chi connectivity index (χ2v) is 6.69. The number of piperidine rings is 1. The molecule has 0 radical (unpaired) electrons. The topological polar surface area (TPSA) is 75.9 Å². The van der Waals surface area contributed by atoms with E-state index in [1.165, 1.54) is 0 Å². The van der Waals surface area contributed by atoms with Crippen molar-refractivity contribution in [3.63, 3.8) is 0 Å². The molecule has 25 heavy (non-hydrogen) atoms. The van der Waals surface area contributed by atoms with Crippen molar-refractivity contribution in [2.24, 2.45) is 11.7 Å². The van der Waals surface area contributed by atoms with Crippen LogP contribution in [0.15, 0.2) is 24.3 Å². The van der Waals surface area contributed by atoms with Gasteiger partial charge in [-0.25, -0.2) is 0 Å². The zero-order chi connectivity index (χ0) is 18.4. The van der Waals surface area contributed by atoms with E-state index in [9.17, 15) is 9.59 Å². The molecular weight excluding hydrogens is 318 g/mol. The van der Waals surface area contributed by atoms with Crippen molar-refractivity contribution in [1.29, 1.82) is 0 Å². The second kappa shape index (κ2) is 8.85. The Bertz CT molecular complexity index is 588. The molecule has 0 aliphatic carbocycles. The molecule has 1 fully saturated rings. The predicted molar refractivity (Wildman–Crippen MR) is 97.0 cm³/mol. The summed E-state index contributed by atoms with van der Waals surface area (Å²) in [6.45, 7) is 6.32. The minimum absolute atomic E-state index is 0.0550. The van der Waals surface area contributed by atoms with Crippen LogP contribution >= 0.6 is 0 Å². The van der Waals surface area contributed by atoms with E-state index in [1.54, 1.807) is 4.90 Å². The van der Waals surface area contributed by atoms with Crippen molar-refractivity contribution in [3.8, 4) is 5.75 Å². The number of amides is 2. The molecule has 2 N–H and O–H groups in total. The summed E-state index contributed by atoms with van der Waals surface area (Å²) in [5, 5.41) is 0. The molecule has 1 heterocycles. The Morgan fingerprint density at radius 3 is 2.64 bits per heavy atom. The highest BCUT2D eigenvalue weighted by Crippen LogP contribution is 2.19. The van der Waals surface area contributed by atoms with E-state index in [1.807, 2.05) is 50.1 Å². The highest BCUT2D eigenvalue weighted by Gasteiger charge is 2.30. The molecule has 1 saturated heterocycles. The number of nitrogens with zero attached hydrogens (tertiary/aromatic N) is 2. The number of hydrogen-bond acceptors (Lipinski definition) is 4. The number of benzene rings is 1. The third-order valence-electron chi connectivity index (χ3n) is 4.82. The fourth-order valence-corrected chi connectivity index (χ4v) is 3.14. The Balaban J connectivity index is 1.92. The van der Waals surface area contributed by atoms with Crippen molar-refractivity contribution in [2.75, 3.05) is 26.7 Å². The van der Waals surface area contributed by atoms with Crippen molar-refractivity contribution in [1.82, 2.24) is 9.80 Å². The Hall–Kier alpha value is -2.08. The minimum Gasteiger partial charge on any atom is -0.494 e. The normalized spacial score (nSPS) is 18.9. The van der Waals surface area contributed by atoms with Crippen LogP contribution in [-0.2, 0) is 16.1 Å². The largest absolute Gasteiger partial charge is 0.494 e. The Morgan fingerprint density at radius 2 is 2.04 bits per heavy atom. The van der Waals surface area contributed by atoms with Crippen molar-refractivity contribution in [2.45, 2.75) is 39.3 Å². The van der Waals surface area contributed by atoms with Crippen LogP contribution in [0.4, 0.5) is 0 Å². The maximum absolute atomic E-state index is 12.7. The number of rotatable bonds is 7. The zero-order valence-electron chi connectivity index (χ0n) is 15.4. The lowest BCUT2D eigenvalue weighted by Crippen LogP contribution is -2.50. The van der Waals surface area contributed by atoms with Crippen molar-refractivity contribution < 1.29 is 14.3 Å². The molecule has 0 bridgehead atoms. The minimum atomic E-state index is -0.312. The smallest absolute Gasteiger partial charge is 0.239 e. The first-order chi connectivity index (χ1) is 11.9. The van der Waals surface area contributed by atoms with Crippen LogP contribution in [0.1, 0.15) is 32.3 Å².